The lowest BCUT2D eigenvalue weighted by atomic mass is 9.94. The molecule has 0 bridgehead atoms. The lowest BCUT2D eigenvalue weighted by Gasteiger charge is -2.21. The van der Waals surface area contributed by atoms with Gasteiger partial charge in [-0.3, -0.25) is 9.59 Å². The molecule has 154 valence electrons. The van der Waals surface area contributed by atoms with Crippen molar-refractivity contribution in [2.45, 2.75) is 6.92 Å². The summed E-state index contributed by atoms with van der Waals surface area (Å²) < 4.78 is 2.03. The monoisotopic (exact) mass is 415 g/mol. The number of rotatable bonds is 4. The molecule has 0 aliphatic carbocycles. The number of aromatic nitrogens is 1. The maximum absolute atomic E-state index is 13.8. The van der Waals surface area contributed by atoms with Crippen LogP contribution in [0.1, 0.15) is 21.5 Å². The highest BCUT2D eigenvalue weighted by molar-refractivity contribution is 6.14. The summed E-state index contributed by atoms with van der Waals surface area (Å²) in [6, 6.07) is 34.3. The van der Waals surface area contributed by atoms with Crippen LogP contribution in [0.5, 0.6) is 0 Å². The first-order valence-corrected chi connectivity index (χ1v) is 10.5. The van der Waals surface area contributed by atoms with Crippen LogP contribution in [0.3, 0.4) is 0 Å². The van der Waals surface area contributed by atoms with E-state index in [0.717, 1.165) is 22.3 Å². The molecule has 0 atom stereocenters. The topological polar surface area (TPSA) is 39.1 Å². The standard InChI is InChI=1S/C29H21NO2/c1-20-16-18-21(19-17-20)27-26(28(31)22-10-4-2-5-11-22)29(32)24-14-8-9-15-25(24)30(27)23-12-6-3-7-13-23/h2-19H,1H3. The predicted molar refractivity (Wildman–Crippen MR) is 130 cm³/mol. The van der Waals surface area contributed by atoms with Crippen LogP contribution in [0.4, 0.5) is 0 Å². The predicted octanol–water partition coefficient (Wildman–Crippen LogP) is 6.20. The lowest BCUT2D eigenvalue weighted by Crippen LogP contribution is -2.22. The van der Waals surface area contributed by atoms with Crippen molar-refractivity contribution in [3.05, 3.63) is 136 Å². The van der Waals surface area contributed by atoms with Crippen molar-refractivity contribution in [1.29, 1.82) is 0 Å². The summed E-state index contributed by atoms with van der Waals surface area (Å²) in [5.41, 5.74) is 4.62. The van der Waals surface area contributed by atoms with Crippen LogP contribution in [0, 0.1) is 6.92 Å². The summed E-state index contributed by atoms with van der Waals surface area (Å²) in [6.07, 6.45) is 0. The molecule has 0 saturated carbocycles. The molecule has 0 saturated heterocycles. The summed E-state index contributed by atoms with van der Waals surface area (Å²) in [6.45, 7) is 2.02. The summed E-state index contributed by atoms with van der Waals surface area (Å²) in [5, 5.41) is 0.520. The zero-order chi connectivity index (χ0) is 22.1. The quantitative estimate of drug-likeness (QED) is 0.328. The van der Waals surface area contributed by atoms with E-state index in [1.807, 2.05) is 102 Å². The number of fused-ring (bicyclic) bond motifs is 1. The summed E-state index contributed by atoms with van der Waals surface area (Å²) >= 11 is 0. The summed E-state index contributed by atoms with van der Waals surface area (Å²) in [4.78, 5) is 27.5. The second kappa shape index (κ2) is 8.12. The third kappa shape index (κ3) is 3.34. The number of benzene rings is 4. The zero-order valence-corrected chi connectivity index (χ0v) is 17.7. The van der Waals surface area contributed by atoms with Crippen LogP contribution < -0.4 is 5.43 Å². The zero-order valence-electron chi connectivity index (χ0n) is 17.7. The number of carbonyl (C=O) groups is 1. The normalized spacial score (nSPS) is 10.9. The molecule has 0 radical (unpaired) electrons. The van der Waals surface area contributed by atoms with Crippen LogP contribution in [-0.2, 0) is 0 Å². The van der Waals surface area contributed by atoms with E-state index in [0.29, 0.717) is 16.6 Å². The van der Waals surface area contributed by atoms with E-state index in [-0.39, 0.29) is 16.8 Å². The van der Waals surface area contributed by atoms with Gasteiger partial charge in [0.25, 0.3) is 0 Å². The van der Waals surface area contributed by atoms with Crippen molar-refractivity contribution in [3.8, 4) is 16.9 Å². The van der Waals surface area contributed by atoms with Crippen LogP contribution >= 0.6 is 0 Å². The van der Waals surface area contributed by atoms with E-state index >= 15 is 0 Å². The number of carbonyl (C=O) groups excluding carboxylic acids is 1. The van der Waals surface area contributed by atoms with Crippen molar-refractivity contribution < 1.29 is 4.79 Å². The number of hydrogen-bond acceptors (Lipinski definition) is 2. The first-order valence-electron chi connectivity index (χ1n) is 10.5. The van der Waals surface area contributed by atoms with Gasteiger partial charge in [-0.25, -0.2) is 0 Å². The van der Waals surface area contributed by atoms with E-state index in [4.69, 9.17) is 0 Å². The highest BCUT2D eigenvalue weighted by Crippen LogP contribution is 2.31. The van der Waals surface area contributed by atoms with E-state index in [1.54, 1.807) is 18.2 Å². The highest BCUT2D eigenvalue weighted by atomic mass is 16.1. The fourth-order valence-corrected chi connectivity index (χ4v) is 4.11. The SMILES string of the molecule is Cc1ccc(-c2c(C(=O)c3ccccc3)c(=O)c3ccccc3n2-c2ccccc2)cc1. The number of nitrogens with zero attached hydrogens (tertiary/aromatic N) is 1. The van der Waals surface area contributed by atoms with Gasteiger partial charge in [-0.2, -0.15) is 0 Å². The van der Waals surface area contributed by atoms with Crippen LogP contribution in [0.25, 0.3) is 27.8 Å². The number of ketones is 1. The van der Waals surface area contributed by atoms with Gasteiger partial charge < -0.3 is 4.57 Å². The van der Waals surface area contributed by atoms with Gasteiger partial charge in [-0.15, -0.1) is 0 Å². The number of pyridine rings is 1. The van der Waals surface area contributed by atoms with Gasteiger partial charge in [0.2, 0.25) is 5.43 Å². The van der Waals surface area contributed by atoms with Crippen molar-refractivity contribution in [2.24, 2.45) is 0 Å². The third-order valence-electron chi connectivity index (χ3n) is 5.68. The van der Waals surface area contributed by atoms with Gasteiger partial charge >= 0.3 is 0 Å². The molecule has 0 aliphatic heterocycles. The van der Waals surface area contributed by atoms with Crippen molar-refractivity contribution in [3.63, 3.8) is 0 Å². The molecule has 0 amide bonds. The molecule has 0 fully saturated rings. The molecule has 0 unspecified atom stereocenters. The van der Waals surface area contributed by atoms with Crippen molar-refractivity contribution in [2.75, 3.05) is 0 Å². The Labute approximate surface area is 186 Å². The smallest absolute Gasteiger partial charge is 0.201 e. The van der Waals surface area contributed by atoms with Gasteiger partial charge in [-0.05, 0) is 36.8 Å². The minimum atomic E-state index is -0.276. The van der Waals surface area contributed by atoms with E-state index in [2.05, 4.69) is 0 Å². The Hall–Kier alpha value is -4.24. The summed E-state index contributed by atoms with van der Waals surface area (Å²) in [5.74, 6) is -0.276. The Kier molecular flexibility index (Phi) is 5.00. The van der Waals surface area contributed by atoms with E-state index < -0.39 is 0 Å². The maximum Gasteiger partial charge on any atom is 0.201 e. The maximum atomic E-state index is 13.8. The van der Waals surface area contributed by atoms with E-state index in [1.165, 1.54) is 0 Å². The Morgan fingerprint density at radius 3 is 1.97 bits per heavy atom. The number of aryl methyl sites for hydroxylation is 1. The van der Waals surface area contributed by atoms with Crippen molar-refractivity contribution in [1.82, 2.24) is 4.57 Å². The van der Waals surface area contributed by atoms with Crippen LogP contribution in [-0.4, -0.2) is 10.4 Å². The Morgan fingerprint density at radius 2 is 1.28 bits per heavy atom. The molecule has 3 heteroatoms. The lowest BCUT2D eigenvalue weighted by molar-refractivity contribution is 0.103. The molecule has 0 aliphatic rings. The first-order chi connectivity index (χ1) is 15.6. The molecular weight excluding hydrogens is 394 g/mol. The molecule has 1 aromatic heterocycles. The molecule has 0 spiro atoms. The minimum absolute atomic E-state index is 0.183. The largest absolute Gasteiger partial charge is 0.308 e. The molecular formula is C29H21NO2. The number of para-hydroxylation sites is 2. The molecule has 4 aromatic carbocycles. The molecule has 5 rings (SSSR count). The highest BCUT2D eigenvalue weighted by Gasteiger charge is 2.25. The fourth-order valence-electron chi connectivity index (χ4n) is 4.11. The Morgan fingerprint density at radius 1 is 0.688 bits per heavy atom. The second-order valence-corrected chi connectivity index (χ2v) is 7.80. The van der Waals surface area contributed by atoms with Gasteiger partial charge in [0.05, 0.1) is 16.8 Å². The molecule has 3 nitrogen and oxygen atoms in total. The molecule has 1 heterocycles. The summed E-state index contributed by atoms with van der Waals surface area (Å²) in [7, 11) is 0. The first kappa shape index (κ1) is 19.7. The van der Waals surface area contributed by atoms with E-state index in [9.17, 15) is 9.59 Å². The minimum Gasteiger partial charge on any atom is -0.308 e. The Bertz CT molecular complexity index is 1480. The number of hydrogen-bond donors (Lipinski definition) is 0. The molecule has 0 N–H and O–H groups in total. The van der Waals surface area contributed by atoms with Gasteiger partial charge in [0.15, 0.2) is 5.78 Å². The van der Waals surface area contributed by atoms with Crippen LogP contribution in [0.2, 0.25) is 0 Å². The average Bonchev–Trinajstić information content (AvgIpc) is 2.85. The van der Waals surface area contributed by atoms with Gasteiger partial charge in [0.1, 0.15) is 0 Å². The Balaban J connectivity index is 1.97. The van der Waals surface area contributed by atoms with Gasteiger partial charge in [0, 0.05) is 16.6 Å². The molecule has 32 heavy (non-hydrogen) atoms. The molecule has 5 aromatic rings. The average molecular weight is 415 g/mol. The van der Waals surface area contributed by atoms with Crippen LogP contribution in [0.15, 0.2) is 114 Å². The fraction of sp³-hybridized carbons (Fsp3) is 0.0345. The van der Waals surface area contributed by atoms with Crippen molar-refractivity contribution >= 4 is 16.7 Å². The van der Waals surface area contributed by atoms with Gasteiger partial charge in [-0.1, -0.05) is 90.5 Å². The second-order valence-electron chi connectivity index (χ2n) is 7.80. The third-order valence-corrected chi connectivity index (χ3v) is 5.68.